The summed E-state index contributed by atoms with van der Waals surface area (Å²) >= 11 is 3.52. The second-order valence-corrected chi connectivity index (χ2v) is 8.05. The van der Waals surface area contributed by atoms with Crippen LogP contribution in [0, 0.1) is 0 Å². The molecule has 1 rings (SSSR count). The molecular formula is C13H21BrN2O2S. The monoisotopic (exact) mass is 348 g/mol. The van der Waals surface area contributed by atoms with Crippen LogP contribution in [0.15, 0.2) is 28.7 Å². The summed E-state index contributed by atoms with van der Waals surface area (Å²) in [4.78, 5) is 1.99. The maximum Gasteiger partial charge on any atom is 0.148 e. The number of hydrogen-bond donors (Lipinski definition) is 1. The van der Waals surface area contributed by atoms with Crippen LogP contribution in [0.4, 0.5) is 0 Å². The summed E-state index contributed by atoms with van der Waals surface area (Å²) in [6.45, 7) is 2.40. The molecule has 0 aliphatic rings. The molecule has 2 N–H and O–H groups in total. The predicted molar refractivity (Wildman–Crippen MR) is 82.9 cm³/mol. The molecule has 0 aliphatic heterocycles. The summed E-state index contributed by atoms with van der Waals surface area (Å²) in [5.74, 6) is 0.136. The van der Waals surface area contributed by atoms with Crippen LogP contribution in [0.3, 0.4) is 0 Å². The Morgan fingerprint density at radius 3 is 2.42 bits per heavy atom. The number of rotatable bonds is 6. The minimum absolute atomic E-state index is 0.0164. The van der Waals surface area contributed by atoms with E-state index in [2.05, 4.69) is 15.9 Å². The van der Waals surface area contributed by atoms with Gasteiger partial charge in [0.2, 0.25) is 0 Å². The molecule has 0 saturated heterocycles. The Balaban J connectivity index is 2.93. The number of sulfone groups is 1. The topological polar surface area (TPSA) is 63.4 Å². The van der Waals surface area contributed by atoms with Crippen LogP contribution >= 0.6 is 15.9 Å². The zero-order valence-corrected chi connectivity index (χ0v) is 13.9. The maximum absolute atomic E-state index is 11.3. The van der Waals surface area contributed by atoms with E-state index in [9.17, 15) is 8.42 Å². The summed E-state index contributed by atoms with van der Waals surface area (Å²) in [7, 11) is -1.06. The summed E-state index contributed by atoms with van der Waals surface area (Å²) in [5, 5.41) is 0. The molecule has 0 spiro atoms. The van der Waals surface area contributed by atoms with Gasteiger partial charge in [-0.05, 0) is 25.6 Å². The lowest BCUT2D eigenvalue weighted by molar-refractivity contribution is 0.230. The van der Waals surface area contributed by atoms with Crippen LogP contribution in [0.2, 0.25) is 0 Å². The molecule has 1 aromatic rings. The second kappa shape index (κ2) is 6.83. The zero-order valence-electron chi connectivity index (χ0n) is 11.5. The van der Waals surface area contributed by atoms with E-state index in [0.717, 1.165) is 10.0 Å². The first-order chi connectivity index (χ1) is 8.72. The lowest BCUT2D eigenvalue weighted by Crippen LogP contribution is -2.39. The summed E-state index contributed by atoms with van der Waals surface area (Å²) in [6, 6.07) is 7.77. The van der Waals surface area contributed by atoms with Crippen molar-refractivity contribution in [3.63, 3.8) is 0 Å². The van der Waals surface area contributed by atoms with E-state index >= 15 is 0 Å². The molecule has 2 atom stereocenters. The minimum Gasteiger partial charge on any atom is -0.326 e. The lowest BCUT2D eigenvalue weighted by Gasteiger charge is -2.32. The number of hydrogen-bond acceptors (Lipinski definition) is 4. The van der Waals surface area contributed by atoms with Gasteiger partial charge in [0.1, 0.15) is 9.84 Å². The second-order valence-electron chi connectivity index (χ2n) is 4.94. The van der Waals surface area contributed by atoms with Crippen molar-refractivity contribution in [3.05, 3.63) is 34.3 Å². The molecule has 0 radical (unpaired) electrons. The first kappa shape index (κ1) is 16.6. The number of nitrogens with two attached hydrogens (primary N) is 1. The molecular weight excluding hydrogens is 328 g/mol. The van der Waals surface area contributed by atoms with E-state index in [-0.39, 0.29) is 17.8 Å². The highest BCUT2D eigenvalue weighted by Crippen LogP contribution is 2.28. The molecule has 4 nitrogen and oxygen atoms in total. The average molecular weight is 349 g/mol. The zero-order chi connectivity index (χ0) is 14.6. The van der Waals surface area contributed by atoms with E-state index in [0.29, 0.717) is 6.54 Å². The third-order valence-corrected chi connectivity index (χ3v) is 4.66. The standard InChI is InChI=1S/C13H21BrN2O2S/c1-10(15)13(11-6-4-5-7-12(11)14)16(2)8-9-19(3,17)18/h4-7,10,13H,8-9,15H2,1-3H3. The summed E-state index contributed by atoms with van der Waals surface area (Å²) in [5.41, 5.74) is 7.14. The molecule has 108 valence electrons. The van der Waals surface area contributed by atoms with Gasteiger partial charge < -0.3 is 5.73 Å². The van der Waals surface area contributed by atoms with Gasteiger partial charge >= 0.3 is 0 Å². The number of nitrogens with zero attached hydrogens (tertiary/aromatic N) is 1. The van der Waals surface area contributed by atoms with Crippen LogP contribution in [-0.2, 0) is 9.84 Å². The van der Waals surface area contributed by atoms with Gasteiger partial charge in [-0.2, -0.15) is 0 Å². The number of halogens is 1. The largest absolute Gasteiger partial charge is 0.326 e. The van der Waals surface area contributed by atoms with Gasteiger partial charge in [-0.25, -0.2) is 8.42 Å². The van der Waals surface area contributed by atoms with Crippen LogP contribution in [0.5, 0.6) is 0 Å². The highest BCUT2D eigenvalue weighted by atomic mass is 79.9. The normalized spacial score (nSPS) is 15.5. The van der Waals surface area contributed by atoms with Crippen molar-refractivity contribution in [2.45, 2.75) is 19.0 Å². The Labute approximate surface area is 124 Å². The Bertz CT molecular complexity index is 517. The summed E-state index contributed by atoms with van der Waals surface area (Å²) in [6.07, 6.45) is 1.25. The van der Waals surface area contributed by atoms with Crippen molar-refractivity contribution in [1.29, 1.82) is 0 Å². The van der Waals surface area contributed by atoms with Crippen molar-refractivity contribution in [2.24, 2.45) is 5.73 Å². The first-order valence-electron chi connectivity index (χ1n) is 6.10. The SMILES string of the molecule is CC(N)C(c1ccccc1Br)N(C)CCS(C)(=O)=O. The van der Waals surface area contributed by atoms with Gasteiger partial charge in [0, 0.05) is 23.3 Å². The van der Waals surface area contributed by atoms with Gasteiger partial charge in [0.25, 0.3) is 0 Å². The molecule has 0 aromatic heterocycles. The van der Waals surface area contributed by atoms with Gasteiger partial charge in [0.05, 0.1) is 11.8 Å². The fourth-order valence-electron chi connectivity index (χ4n) is 2.09. The molecule has 0 saturated carbocycles. The fourth-order valence-corrected chi connectivity index (χ4v) is 3.22. The van der Waals surface area contributed by atoms with Crippen molar-refractivity contribution in [2.75, 3.05) is 25.6 Å². The van der Waals surface area contributed by atoms with Gasteiger partial charge in [-0.15, -0.1) is 0 Å². The third kappa shape index (κ3) is 5.22. The lowest BCUT2D eigenvalue weighted by atomic mass is 10.00. The molecule has 0 aliphatic carbocycles. The summed E-state index contributed by atoms with van der Waals surface area (Å²) < 4.78 is 23.5. The molecule has 2 unspecified atom stereocenters. The Kier molecular flexibility index (Phi) is 5.98. The third-order valence-electron chi connectivity index (χ3n) is 3.01. The van der Waals surface area contributed by atoms with Gasteiger partial charge in [-0.3, -0.25) is 4.90 Å². The first-order valence-corrected chi connectivity index (χ1v) is 8.95. The van der Waals surface area contributed by atoms with Crippen LogP contribution in [0.25, 0.3) is 0 Å². The fraction of sp³-hybridized carbons (Fsp3) is 0.538. The van der Waals surface area contributed by atoms with E-state index < -0.39 is 9.84 Å². The highest BCUT2D eigenvalue weighted by Gasteiger charge is 2.23. The molecule has 0 heterocycles. The number of likely N-dealkylation sites (N-methyl/N-ethyl adjacent to an activating group) is 1. The number of benzene rings is 1. The molecule has 0 amide bonds. The average Bonchev–Trinajstić information content (AvgIpc) is 2.28. The maximum atomic E-state index is 11.3. The van der Waals surface area contributed by atoms with Crippen LogP contribution in [0.1, 0.15) is 18.5 Å². The Morgan fingerprint density at radius 2 is 1.95 bits per heavy atom. The van der Waals surface area contributed by atoms with Crippen molar-refractivity contribution >= 4 is 25.8 Å². The molecule has 6 heteroatoms. The van der Waals surface area contributed by atoms with Crippen molar-refractivity contribution < 1.29 is 8.42 Å². The van der Waals surface area contributed by atoms with Crippen molar-refractivity contribution in [3.8, 4) is 0 Å². The van der Waals surface area contributed by atoms with Crippen LogP contribution in [-0.4, -0.2) is 45.0 Å². The van der Waals surface area contributed by atoms with Gasteiger partial charge in [-0.1, -0.05) is 34.1 Å². The van der Waals surface area contributed by atoms with E-state index in [1.165, 1.54) is 6.26 Å². The Hall–Kier alpha value is -0.430. The molecule has 0 fully saturated rings. The Morgan fingerprint density at radius 1 is 1.37 bits per heavy atom. The van der Waals surface area contributed by atoms with Gasteiger partial charge in [0.15, 0.2) is 0 Å². The van der Waals surface area contributed by atoms with E-state index in [1.807, 2.05) is 43.1 Å². The smallest absolute Gasteiger partial charge is 0.148 e. The minimum atomic E-state index is -2.96. The molecule has 1 aromatic carbocycles. The van der Waals surface area contributed by atoms with Crippen molar-refractivity contribution in [1.82, 2.24) is 4.90 Å². The highest BCUT2D eigenvalue weighted by molar-refractivity contribution is 9.10. The van der Waals surface area contributed by atoms with Crippen LogP contribution < -0.4 is 5.73 Å². The van der Waals surface area contributed by atoms with E-state index in [4.69, 9.17) is 5.73 Å². The molecule has 19 heavy (non-hydrogen) atoms. The predicted octanol–water partition coefficient (Wildman–Crippen LogP) is 1.81. The quantitative estimate of drug-likeness (QED) is 0.851. The molecule has 0 bridgehead atoms. The van der Waals surface area contributed by atoms with E-state index in [1.54, 1.807) is 0 Å².